The van der Waals surface area contributed by atoms with Crippen LogP contribution in [-0.4, -0.2) is 10.1 Å². The first-order valence-electron chi connectivity index (χ1n) is 6.83. The van der Waals surface area contributed by atoms with Crippen LogP contribution in [0.15, 0.2) is 6.07 Å². The van der Waals surface area contributed by atoms with Gasteiger partial charge in [-0.3, -0.25) is 0 Å². The van der Waals surface area contributed by atoms with Gasteiger partial charge >= 0.3 is 0 Å². The fourth-order valence-corrected chi connectivity index (χ4v) is 2.46. The summed E-state index contributed by atoms with van der Waals surface area (Å²) in [5, 5.41) is 12.7. The summed E-state index contributed by atoms with van der Waals surface area (Å²) >= 11 is 0. The Kier molecular flexibility index (Phi) is 4.98. The summed E-state index contributed by atoms with van der Waals surface area (Å²) in [6.07, 6.45) is 3.41. The third-order valence-corrected chi connectivity index (χ3v) is 4.44. The predicted molar refractivity (Wildman–Crippen MR) is 75.3 cm³/mol. The molecule has 0 atom stereocenters. The SMILES string of the molecule is CCC(CC)(CC)NCc1cc(C#N)n(C)c1C. The maximum absolute atomic E-state index is 9.03. The summed E-state index contributed by atoms with van der Waals surface area (Å²) in [4.78, 5) is 0. The van der Waals surface area contributed by atoms with Crippen molar-refractivity contribution >= 4 is 0 Å². The molecular weight excluding hydrogens is 222 g/mol. The molecule has 0 radical (unpaired) electrons. The van der Waals surface area contributed by atoms with E-state index < -0.39 is 0 Å². The maximum atomic E-state index is 9.03. The van der Waals surface area contributed by atoms with Crippen molar-refractivity contribution < 1.29 is 0 Å². The number of hydrogen-bond donors (Lipinski definition) is 1. The maximum Gasteiger partial charge on any atom is 0.120 e. The lowest BCUT2D eigenvalue weighted by atomic mass is 9.89. The second kappa shape index (κ2) is 6.06. The van der Waals surface area contributed by atoms with Gasteiger partial charge in [-0.15, -0.1) is 0 Å². The van der Waals surface area contributed by atoms with Crippen molar-refractivity contribution in [3.63, 3.8) is 0 Å². The lowest BCUT2D eigenvalue weighted by molar-refractivity contribution is 0.288. The average molecular weight is 247 g/mol. The van der Waals surface area contributed by atoms with Crippen molar-refractivity contribution in [2.75, 3.05) is 0 Å². The van der Waals surface area contributed by atoms with E-state index in [0.29, 0.717) is 0 Å². The van der Waals surface area contributed by atoms with Crippen LogP contribution in [0.1, 0.15) is 57.0 Å². The molecule has 3 nitrogen and oxygen atoms in total. The molecule has 0 aliphatic heterocycles. The lowest BCUT2D eigenvalue weighted by Gasteiger charge is -2.32. The van der Waals surface area contributed by atoms with E-state index in [1.165, 1.54) is 11.3 Å². The van der Waals surface area contributed by atoms with E-state index in [0.717, 1.165) is 31.5 Å². The van der Waals surface area contributed by atoms with Gasteiger partial charge in [-0.05, 0) is 37.8 Å². The van der Waals surface area contributed by atoms with Crippen molar-refractivity contribution in [2.24, 2.45) is 7.05 Å². The van der Waals surface area contributed by atoms with Crippen molar-refractivity contribution in [1.29, 1.82) is 5.26 Å². The van der Waals surface area contributed by atoms with Gasteiger partial charge in [0.25, 0.3) is 0 Å². The van der Waals surface area contributed by atoms with E-state index >= 15 is 0 Å². The fraction of sp³-hybridized carbons (Fsp3) is 0.667. The molecule has 0 aliphatic carbocycles. The predicted octanol–water partition coefficient (Wildman–Crippen LogP) is 3.26. The summed E-state index contributed by atoms with van der Waals surface area (Å²) in [5.74, 6) is 0. The van der Waals surface area contributed by atoms with Crippen LogP contribution in [-0.2, 0) is 13.6 Å². The molecule has 1 aromatic rings. The Morgan fingerprint density at radius 2 is 1.83 bits per heavy atom. The van der Waals surface area contributed by atoms with Crippen molar-refractivity contribution in [3.8, 4) is 6.07 Å². The summed E-state index contributed by atoms with van der Waals surface area (Å²) < 4.78 is 1.96. The summed E-state index contributed by atoms with van der Waals surface area (Å²) in [6, 6.07) is 4.22. The normalized spacial score (nSPS) is 11.6. The Bertz CT molecular complexity index is 425. The Morgan fingerprint density at radius 3 is 2.22 bits per heavy atom. The zero-order valence-corrected chi connectivity index (χ0v) is 12.3. The summed E-state index contributed by atoms with van der Waals surface area (Å²) in [5.41, 5.74) is 3.37. The first-order valence-corrected chi connectivity index (χ1v) is 6.83. The minimum Gasteiger partial charge on any atom is -0.340 e. The van der Waals surface area contributed by atoms with Gasteiger partial charge in [0.2, 0.25) is 0 Å². The minimum atomic E-state index is 0.231. The van der Waals surface area contributed by atoms with Gasteiger partial charge in [0.15, 0.2) is 0 Å². The van der Waals surface area contributed by atoms with Crippen LogP contribution in [0, 0.1) is 18.3 Å². The van der Waals surface area contributed by atoms with Gasteiger partial charge in [-0.1, -0.05) is 20.8 Å². The highest BCUT2D eigenvalue weighted by Gasteiger charge is 2.23. The van der Waals surface area contributed by atoms with E-state index in [4.69, 9.17) is 5.26 Å². The second-order valence-corrected chi connectivity index (χ2v) is 5.01. The Labute approximate surface area is 111 Å². The van der Waals surface area contributed by atoms with Crippen LogP contribution in [0.2, 0.25) is 0 Å². The van der Waals surface area contributed by atoms with Crippen LogP contribution < -0.4 is 5.32 Å². The third kappa shape index (κ3) is 2.76. The number of nitrogens with zero attached hydrogens (tertiary/aromatic N) is 2. The summed E-state index contributed by atoms with van der Waals surface area (Å²) in [6.45, 7) is 9.62. The minimum absolute atomic E-state index is 0.231. The molecule has 1 N–H and O–H groups in total. The smallest absolute Gasteiger partial charge is 0.120 e. The molecule has 1 heterocycles. The first kappa shape index (κ1) is 14.8. The third-order valence-electron chi connectivity index (χ3n) is 4.44. The van der Waals surface area contributed by atoms with Gasteiger partial charge in [-0.25, -0.2) is 0 Å². The van der Waals surface area contributed by atoms with Gasteiger partial charge in [0, 0.05) is 24.8 Å². The molecule has 0 unspecified atom stereocenters. The number of aromatic nitrogens is 1. The van der Waals surface area contributed by atoms with Gasteiger partial charge in [0.05, 0.1) is 0 Å². The zero-order chi connectivity index (χ0) is 13.8. The molecule has 0 aliphatic rings. The fourth-order valence-electron chi connectivity index (χ4n) is 2.46. The highest BCUT2D eigenvalue weighted by Crippen LogP contribution is 2.21. The molecule has 3 heteroatoms. The van der Waals surface area contributed by atoms with Gasteiger partial charge in [-0.2, -0.15) is 5.26 Å². The molecule has 0 fully saturated rings. The van der Waals surface area contributed by atoms with Crippen LogP contribution >= 0.6 is 0 Å². The van der Waals surface area contributed by atoms with E-state index in [2.05, 4.69) is 39.1 Å². The number of nitriles is 1. The van der Waals surface area contributed by atoms with Crippen LogP contribution in [0.3, 0.4) is 0 Å². The van der Waals surface area contributed by atoms with E-state index in [9.17, 15) is 0 Å². The van der Waals surface area contributed by atoms with Crippen molar-refractivity contribution in [3.05, 3.63) is 23.0 Å². The van der Waals surface area contributed by atoms with E-state index in [1.54, 1.807) is 0 Å². The molecule has 0 amide bonds. The first-order chi connectivity index (χ1) is 8.53. The highest BCUT2D eigenvalue weighted by atomic mass is 15.0. The molecule has 0 bridgehead atoms. The van der Waals surface area contributed by atoms with E-state index in [-0.39, 0.29) is 5.54 Å². The zero-order valence-electron chi connectivity index (χ0n) is 12.3. The van der Waals surface area contributed by atoms with Gasteiger partial charge in [0.1, 0.15) is 11.8 Å². The Hall–Kier alpha value is -1.27. The quantitative estimate of drug-likeness (QED) is 0.838. The molecule has 1 rings (SSSR count). The monoisotopic (exact) mass is 247 g/mol. The van der Waals surface area contributed by atoms with Crippen LogP contribution in [0.4, 0.5) is 0 Å². The molecule has 1 aromatic heterocycles. The average Bonchev–Trinajstić information content (AvgIpc) is 2.68. The largest absolute Gasteiger partial charge is 0.340 e. The molecule has 0 aromatic carbocycles. The number of nitrogens with one attached hydrogen (secondary N) is 1. The molecule has 100 valence electrons. The molecule has 18 heavy (non-hydrogen) atoms. The molecule has 0 saturated carbocycles. The van der Waals surface area contributed by atoms with Crippen molar-refractivity contribution in [1.82, 2.24) is 9.88 Å². The Balaban J connectivity index is 2.84. The number of hydrogen-bond acceptors (Lipinski definition) is 2. The van der Waals surface area contributed by atoms with Crippen LogP contribution in [0.25, 0.3) is 0 Å². The molecule has 0 saturated heterocycles. The second-order valence-electron chi connectivity index (χ2n) is 5.01. The summed E-state index contributed by atoms with van der Waals surface area (Å²) in [7, 11) is 1.95. The van der Waals surface area contributed by atoms with Gasteiger partial charge < -0.3 is 9.88 Å². The topological polar surface area (TPSA) is 40.8 Å². The lowest BCUT2D eigenvalue weighted by Crippen LogP contribution is -2.43. The highest BCUT2D eigenvalue weighted by molar-refractivity contribution is 5.34. The molecule has 0 spiro atoms. The Morgan fingerprint density at radius 1 is 1.28 bits per heavy atom. The standard InChI is InChI=1S/C15H25N3/c1-6-15(7-2,8-3)17-11-13-9-14(10-16)18(5)12(13)4/h9,17H,6-8,11H2,1-5H3. The van der Waals surface area contributed by atoms with E-state index in [1.807, 2.05) is 17.7 Å². The van der Waals surface area contributed by atoms with Crippen LogP contribution in [0.5, 0.6) is 0 Å². The number of rotatable bonds is 6. The molecular formula is C15H25N3. The van der Waals surface area contributed by atoms with Crippen molar-refractivity contribution in [2.45, 2.75) is 59.0 Å².